The van der Waals surface area contributed by atoms with Crippen LogP contribution in [0, 0.1) is 12.8 Å². The number of benzene rings is 2. The van der Waals surface area contributed by atoms with Crippen molar-refractivity contribution in [3.63, 3.8) is 0 Å². The van der Waals surface area contributed by atoms with Gasteiger partial charge >= 0.3 is 0 Å². The zero-order valence-corrected chi connectivity index (χ0v) is 12.3. The van der Waals surface area contributed by atoms with Gasteiger partial charge < -0.3 is 10.6 Å². The Morgan fingerprint density at radius 1 is 1.19 bits per heavy atom. The van der Waals surface area contributed by atoms with Crippen LogP contribution in [0.15, 0.2) is 48.5 Å². The number of aryl methyl sites for hydroxylation is 1. The molecule has 0 unspecified atom stereocenters. The first-order chi connectivity index (χ1) is 10.1. The van der Waals surface area contributed by atoms with Crippen molar-refractivity contribution in [3.05, 3.63) is 59.7 Å². The predicted octanol–water partition coefficient (Wildman–Crippen LogP) is 3.63. The van der Waals surface area contributed by atoms with E-state index in [0.717, 1.165) is 17.8 Å². The summed E-state index contributed by atoms with van der Waals surface area (Å²) in [6, 6.07) is 15.4. The summed E-state index contributed by atoms with van der Waals surface area (Å²) in [6.45, 7) is 2.74. The summed E-state index contributed by atoms with van der Waals surface area (Å²) in [6.07, 6.45) is 2.43. The lowest BCUT2D eigenvalue weighted by molar-refractivity contribution is 0.0985. The maximum Gasteiger partial charge on any atom is 0.258 e. The van der Waals surface area contributed by atoms with E-state index in [1.165, 1.54) is 12.8 Å². The van der Waals surface area contributed by atoms with Crippen LogP contribution in [0.25, 0.3) is 0 Å². The van der Waals surface area contributed by atoms with Crippen LogP contribution in [-0.4, -0.2) is 12.5 Å². The Bertz CT molecular complexity index is 648. The Labute approximate surface area is 125 Å². The number of hydrogen-bond donors (Lipinski definition) is 1. The molecule has 1 fully saturated rings. The number of carbonyl (C=O) groups excluding carboxylic acids is 1. The molecule has 1 saturated carbocycles. The fourth-order valence-electron chi connectivity index (χ4n) is 2.49. The molecule has 0 heterocycles. The monoisotopic (exact) mass is 280 g/mol. The van der Waals surface area contributed by atoms with Crippen molar-refractivity contribution in [1.82, 2.24) is 0 Å². The van der Waals surface area contributed by atoms with Crippen LogP contribution in [0.1, 0.15) is 28.8 Å². The first-order valence-electron chi connectivity index (χ1n) is 7.38. The van der Waals surface area contributed by atoms with Crippen molar-refractivity contribution in [3.8, 4) is 0 Å². The molecule has 21 heavy (non-hydrogen) atoms. The van der Waals surface area contributed by atoms with Crippen LogP contribution in [0.2, 0.25) is 0 Å². The van der Waals surface area contributed by atoms with Crippen molar-refractivity contribution in [2.45, 2.75) is 19.8 Å². The topological polar surface area (TPSA) is 46.3 Å². The second-order valence-electron chi connectivity index (χ2n) is 5.77. The molecule has 0 aliphatic heterocycles. The van der Waals surface area contributed by atoms with Gasteiger partial charge in [0.2, 0.25) is 0 Å². The minimum Gasteiger partial charge on any atom is -0.399 e. The van der Waals surface area contributed by atoms with Gasteiger partial charge in [0, 0.05) is 23.5 Å². The van der Waals surface area contributed by atoms with Crippen molar-refractivity contribution in [1.29, 1.82) is 0 Å². The molecule has 1 aliphatic carbocycles. The van der Waals surface area contributed by atoms with Gasteiger partial charge in [-0.1, -0.05) is 24.3 Å². The summed E-state index contributed by atoms with van der Waals surface area (Å²) in [4.78, 5) is 14.8. The lowest BCUT2D eigenvalue weighted by atomic mass is 10.1. The molecule has 0 aromatic heterocycles. The lowest BCUT2D eigenvalue weighted by Gasteiger charge is -2.24. The van der Waals surface area contributed by atoms with Crippen LogP contribution < -0.4 is 10.6 Å². The van der Waals surface area contributed by atoms with Gasteiger partial charge in [0.15, 0.2) is 0 Å². The standard InChI is InChI=1S/C18H20N2O/c1-13-7-10-15(19)11-17(13)18(21)20(12-14-8-9-14)16-5-3-2-4-6-16/h2-7,10-11,14H,8-9,12,19H2,1H3. The molecule has 2 aromatic carbocycles. The van der Waals surface area contributed by atoms with E-state index in [9.17, 15) is 4.79 Å². The number of anilines is 2. The van der Waals surface area contributed by atoms with Gasteiger partial charge in [-0.05, 0) is 55.5 Å². The SMILES string of the molecule is Cc1ccc(N)cc1C(=O)N(CC1CC1)c1ccccc1. The number of amides is 1. The number of carbonyl (C=O) groups is 1. The van der Waals surface area contributed by atoms with Crippen molar-refractivity contribution in [2.24, 2.45) is 5.92 Å². The highest BCUT2D eigenvalue weighted by atomic mass is 16.2. The first kappa shape index (κ1) is 13.7. The van der Waals surface area contributed by atoms with E-state index in [2.05, 4.69) is 0 Å². The zero-order chi connectivity index (χ0) is 14.8. The van der Waals surface area contributed by atoms with Crippen LogP contribution in [0.4, 0.5) is 11.4 Å². The minimum absolute atomic E-state index is 0.0397. The second kappa shape index (κ2) is 5.60. The third-order valence-corrected chi connectivity index (χ3v) is 3.94. The highest BCUT2D eigenvalue weighted by Crippen LogP contribution is 2.32. The van der Waals surface area contributed by atoms with Gasteiger partial charge in [-0.3, -0.25) is 4.79 Å². The third-order valence-electron chi connectivity index (χ3n) is 3.94. The predicted molar refractivity (Wildman–Crippen MR) is 86.4 cm³/mol. The molecule has 3 rings (SSSR count). The molecule has 2 N–H and O–H groups in total. The average molecular weight is 280 g/mol. The highest BCUT2D eigenvalue weighted by Gasteiger charge is 2.28. The molecule has 2 aromatic rings. The molecule has 3 heteroatoms. The van der Waals surface area contributed by atoms with E-state index in [1.54, 1.807) is 6.07 Å². The van der Waals surface area contributed by atoms with Gasteiger partial charge in [-0.2, -0.15) is 0 Å². The minimum atomic E-state index is 0.0397. The summed E-state index contributed by atoms with van der Waals surface area (Å²) in [7, 11) is 0. The first-order valence-corrected chi connectivity index (χ1v) is 7.38. The molecule has 0 saturated heterocycles. The van der Waals surface area contributed by atoms with Crippen LogP contribution in [-0.2, 0) is 0 Å². The number of nitrogens with zero attached hydrogens (tertiary/aromatic N) is 1. The van der Waals surface area contributed by atoms with Gasteiger partial charge in [-0.25, -0.2) is 0 Å². The van der Waals surface area contributed by atoms with Crippen molar-refractivity contribution >= 4 is 17.3 Å². The molecule has 0 spiro atoms. The van der Waals surface area contributed by atoms with Crippen molar-refractivity contribution in [2.75, 3.05) is 17.2 Å². The van der Waals surface area contributed by atoms with Gasteiger partial charge in [0.1, 0.15) is 0 Å². The number of rotatable bonds is 4. The maximum atomic E-state index is 13.0. The number of hydrogen-bond acceptors (Lipinski definition) is 2. The Kier molecular flexibility index (Phi) is 3.65. The molecule has 0 atom stereocenters. The normalized spacial score (nSPS) is 14.0. The summed E-state index contributed by atoms with van der Waals surface area (Å²) in [5, 5.41) is 0. The van der Waals surface area contributed by atoms with Crippen LogP contribution in [0.5, 0.6) is 0 Å². The third kappa shape index (κ3) is 3.07. The van der Waals surface area contributed by atoms with Gasteiger partial charge in [-0.15, -0.1) is 0 Å². The maximum absolute atomic E-state index is 13.0. The molecule has 1 amide bonds. The Balaban J connectivity index is 1.95. The fourth-order valence-corrected chi connectivity index (χ4v) is 2.49. The molecule has 1 aliphatic rings. The average Bonchev–Trinajstić information content (AvgIpc) is 3.32. The van der Waals surface area contributed by atoms with Crippen molar-refractivity contribution < 1.29 is 4.79 Å². The molecule has 0 radical (unpaired) electrons. The second-order valence-corrected chi connectivity index (χ2v) is 5.77. The van der Waals surface area contributed by atoms with E-state index in [0.29, 0.717) is 17.2 Å². The molecule has 0 bridgehead atoms. The number of para-hydroxylation sites is 1. The van der Waals surface area contributed by atoms with E-state index >= 15 is 0 Å². The Hall–Kier alpha value is -2.29. The van der Waals surface area contributed by atoms with Crippen LogP contribution >= 0.6 is 0 Å². The van der Waals surface area contributed by atoms with E-state index in [4.69, 9.17) is 5.73 Å². The molecule has 3 nitrogen and oxygen atoms in total. The fraction of sp³-hybridized carbons (Fsp3) is 0.278. The lowest BCUT2D eigenvalue weighted by Crippen LogP contribution is -2.33. The number of nitrogens with two attached hydrogens (primary N) is 1. The van der Waals surface area contributed by atoms with E-state index in [1.807, 2.05) is 54.3 Å². The zero-order valence-electron chi connectivity index (χ0n) is 12.3. The van der Waals surface area contributed by atoms with Gasteiger partial charge in [0.25, 0.3) is 5.91 Å². The smallest absolute Gasteiger partial charge is 0.258 e. The number of nitrogen functional groups attached to an aromatic ring is 1. The van der Waals surface area contributed by atoms with E-state index < -0.39 is 0 Å². The van der Waals surface area contributed by atoms with Crippen LogP contribution in [0.3, 0.4) is 0 Å². The Morgan fingerprint density at radius 3 is 2.57 bits per heavy atom. The summed E-state index contributed by atoms with van der Waals surface area (Å²) < 4.78 is 0. The summed E-state index contributed by atoms with van der Waals surface area (Å²) in [5.74, 6) is 0.674. The van der Waals surface area contributed by atoms with E-state index in [-0.39, 0.29) is 5.91 Å². The molecule has 108 valence electrons. The quantitative estimate of drug-likeness (QED) is 0.869. The molecular weight excluding hydrogens is 260 g/mol. The largest absolute Gasteiger partial charge is 0.399 e. The summed E-state index contributed by atoms with van der Waals surface area (Å²) >= 11 is 0. The van der Waals surface area contributed by atoms with Gasteiger partial charge in [0.05, 0.1) is 0 Å². The highest BCUT2D eigenvalue weighted by molar-refractivity contribution is 6.07. The summed E-state index contributed by atoms with van der Waals surface area (Å²) in [5.41, 5.74) is 9.09. The Morgan fingerprint density at radius 2 is 1.90 bits per heavy atom. The molecular formula is C18H20N2O.